The van der Waals surface area contributed by atoms with E-state index in [0.717, 1.165) is 11.3 Å². The third kappa shape index (κ3) is 2.93. The lowest BCUT2D eigenvalue weighted by Crippen LogP contribution is -2.29. The molecule has 0 atom stereocenters. The number of aromatic nitrogens is 5. The topological polar surface area (TPSA) is 115 Å². The number of para-hydroxylation sites is 1. The summed E-state index contributed by atoms with van der Waals surface area (Å²) in [5.74, 6) is -1.09. The fourth-order valence-electron chi connectivity index (χ4n) is 2.97. The average Bonchev–Trinajstić information content (AvgIpc) is 3.31. The number of benzene rings is 1. The number of fused-ring (bicyclic) bond motifs is 1. The molecule has 2 N–H and O–H groups in total. The second-order valence-electron chi connectivity index (χ2n) is 6.03. The average molecular weight is 396 g/mol. The maximum absolute atomic E-state index is 12.8. The normalized spacial score (nSPS) is 11.1. The number of aromatic hydroxyl groups is 1. The molecule has 0 radical (unpaired) electrons. The van der Waals surface area contributed by atoms with E-state index in [2.05, 4.69) is 20.6 Å². The van der Waals surface area contributed by atoms with Gasteiger partial charge < -0.3 is 9.67 Å². The lowest BCUT2D eigenvalue weighted by atomic mass is 10.1. The molecule has 28 heavy (non-hydrogen) atoms. The summed E-state index contributed by atoms with van der Waals surface area (Å²) in [7, 11) is 1.79. The van der Waals surface area contributed by atoms with Crippen LogP contribution in [0.1, 0.15) is 17.3 Å². The molecule has 3 aromatic heterocycles. The Kier molecular flexibility index (Phi) is 4.40. The zero-order valence-corrected chi connectivity index (χ0v) is 15.9. The molecule has 0 aliphatic heterocycles. The maximum atomic E-state index is 12.8. The van der Waals surface area contributed by atoms with Crippen LogP contribution in [0.2, 0.25) is 0 Å². The van der Waals surface area contributed by atoms with Crippen molar-refractivity contribution in [2.24, 2.45) is 7.05 Å². The Hall–Kier alpha value is -3.53. The molecule has 0 bridgehead atoms. The lowest BCUT2D eigenvalue weighted by molar-refractivity contribution is 0.102. The minimum atomic E-state index is -0.737. The van der Waals surface area contributed by atoms with Gasteiger partial charge in [-0.1, -0.05) is 23.5 Å². The first-order valence-electron chi connectivity index (χ1n) is 8.49. The molecule has 10 heteroatoms. The summed E-state index contributed by atoms with van der Waals surface area (Å²) in [5.41, 5.74) is 0.306. The number of pyridine rings is 1. The largest absolute Gasteiger partial charge is 0.506 e. The van der Waals surface area contributed by atoms with Gasteiger partial charge in [0.15, 0.2) is 5.01 Å². The van der Waals surface area contributed by atoms with Gasteiger partial charge in [-0.2, -0.15) is 5.10 Å². The Morgan fingerprint density at radius 3 is 2.75 bits per heavy atom. The minimum Gasteiger partial charge on any atom is -0.506 e. The molecule has 0 unspecified atom stereocenters. The highest BCUT2D eigenvalue weighted by molar-refractivity contribution is 7.18. The fraction of sp³-hybridized carbons (Fsp3) is 0.167. The Morgan fingerprint density at radius 2 is 2.04 bits per heavy atom. The number of nitrogens with zero attached hydrogens (tertiary/aromatic N) is 5. The minimum absolute atomic E-state index is 0.209. The van der Waals surface area contributed by atoms with Gasteiger partial charge in [0.05, 0.1) is 5.52 Å². The van der Waals surface area contributed by atoms with Crippen LogP contribution in [0.15, 0.2) is 41.3 Å². The van der Waals surface area contributed by atoms with Crippen LogP contribution < -0.4 is 10.9 Å². The van der Waals surface area contributed by atoms with Gasteiger partial charge in [-0.25, -0.2) is 0 Å². The second-order valence-corrected chi connectivity index (χ2v) is 7.01. The number of rotatable bonds is 4. The predicted octanol–water partition coefficient (Wildman–Crippen LogP) is 2.23. The number of aryl methyl sites for hydroxylation is 2. The molecule has 0 aliphatic rings. The van der Waals surface area contributed by atoms with Crippen molar-refractivity contribution in [1.29, 1.82) is 0 Å². The van der Waals surface area contributed by atoms with Gasteiger partial charge in [0.1, 0.15) is 17.0 Å². The molecule has 0 saturated carbocycles. The summed E-state index contributed by atoms with van der Waals surface area (Å²) in [6.07, 6.45) is 1.77. The van der Waals surface area contributed by atoms with Gasteiger partial charge in [-0.05, 0) is 25.1 Å². The third-order valence-electron chi connectivity index (χ3n) is 4.27. The van der Waals surface area contributed by atoms with Crippen molar-refractivity contribution in [1.82, 2.24) is 24.5 Å². The van der Waals surface area contributed by atoms with Crippen LogP contribution in [0.3, 0.4) is 0 Å². The molecule has 9 nitrogen and oxygen atoms in total. The van der Waals surface area contributed by atoms with E-state index in [-0.39, 0.29) is 16.4 Å². The molecular formula is C18H16N6O3S. The Labute approximate surface area is 162 Å². The highest BCUT2D eigenvalue weighted by atomic mass is 32.1. The molecule has 4 rings (SSSR count). The molecule has 4 aromatic rings. The first-order chi connectivity index (χ1) is 13.5. The Balaban J connectivity index is 1.72. The summed E-state index contributed by atoms with van der Waals surface area (Å²) < 4.78 is 3.08. The van der Waals surface area contributed by atoms with Crippen molar-refractivity contribution in [2.45, 2.75) is 13.5 Å². The number of nitrogens with one attached hydrogen (secondary N) is 1. The van der Waals surface area contributed by atoms with Crippen LogP contribution in [-0.4, -0.2) is 35.6 Å². The highest BCUT2D eigenvalue weighted by Gasteiger charge is 2.23. The van der Waals surface area contributed by atoms with E-state index in [1.807, 2.05) is 0 Å². The number of hydrogen-bond donors (Lipinski definition) is 2. The molecule has 3 heterocycles. The summed E-state index contributed by atoms with van der Waals surface area (Å²) in [4.78, 5) is 25.5. The third-order valence-corrected chi connectivity index (χ3v) is 5.13. The van der Waals surface area contributed by atoms with E-state index in [4.69, 9.17) is 0 Å². The van der Waals surface area contributed by atoms with Crippen LogP contribution in [0.5, 0.6) is 5.75 Å². The van der Waals surface area contributed by atoms with Crippen LogP contribution in [0.4, 0.5) is 5.13 Å². The van der Waals surface area contributed by atoms with Gasteiger partial charge in [-0.3, -0.25) is 19.6 Å². The van der Waals surface area contributed by atoms with Crippen molar-refractivity contribution in [3.8, 4) is 16.5 Å². The van der Waals surface area contributed by atoms with Crippen LogP contribution >= 0.6 is 11.3 Å². The van der Waals surface area contributed by atoms with E-state index in [9.17, 15) is 14.7 Å². The SMILES string of the molecule is CCn1c(=O)c(C(=O)Nc2nnc(-c3ccn(C)n3)s2)c(O)c2ccccc21. The Morgan fingerprint density at radius 1 is 1.25 bits per heavy atom. The summed E-state index contributed by atoms with van der Waals surface area (Å²) in [6, 6.07) is 8.68. The number of carbonyl (C=O) groups excluding carboxylic acids is 1. The lowest BCUT2D eigenvalue weighted by Gasteiger charge is -2.12. The summed E-state index contributed by atoms with van der Waals surface area (Å²) in [5, 5.41) is 26.5. The molecular weight excluding hydrogens is 380 g/mol. The van der Waals surface area contributed by atoms with Gasteiger partial charge >= 0.3 is 0 Å². The summed E-state index contributed by atoms with van der Waals surface area (Å²) >= 11 is 1.13. The molecule has 0 aliphatic carbocycles. The van der Waals surface area contributed by atoms with E-state index in [1.54, 1.807) is 55.2 Å². The molecule has 0 saturated heterocycles. The molecule has 0 spiro atoms. The smallest absolute Gasteiger partial charge is 0.267 e. The van der Waals surface area contributed by atoms with Crippen LogP contribution in [-0.2, 0) is 13.6 Å². The van der Waals surface area contributed by atoms with Crippen molar-refractivity contribution in [3.63, 3.8) is 0 Å². The standard InChI is InChI=1S/C18H16N6O3S/c1-3-24-12-7-5-4-6-10(12)14(25)13(17(24)27)15(26)19-18-21-20-16(28-18)11-8-9-23(2)22-11/h4-9,25H,3H2,1-2H3,(H,19,21,26). The quantitative estimate of drug-likeness (QED) is 0.547. The Bertz CT molecular complexity index is 1260. The monoisotopic (exact) mass is 396 g/mol. The first kappa shape index (κ1) is 17.9. The van der Waals surface area contributed by atoms with Crippen LogP contribution in [0, 0.1) is 0 Å². The number of anilines is 1. The highest BCUT2D eigenvalue weighted by Crippen LogP contribution is 2.28. The van der Waals surface area contributed by atoms with E-state index >= 15 is 0 Å². The van der Waals surface area contributed by atoms with Gasteiger partial charge in [-0.15, -0.1) is 10.2 Å². The van der Waals surface area contributed by atoms with E-state index in [0.29, 0.717) is 28.1 Å². The van der Waals surface area contributed by atoms with Crippen molar-refractivity contribution in [3.05, 3.63) is 52.4 Å². The number of amides is 1. The molecule has 1 amide bonds. The first-order valence-corrected chi connectivity index (χ1v) is 9.30. The zero-order valence-electron chi connectivity index (χ0n) is 15.1. The van der Waals surface area contributed by atoms with Crippen molar-refractivity contribution < 1.29 is 9.90 Å². The van der Waals surface area contributed by atoms with E-state index in [1.165, 1.54) is 4.57 Å². The van der Waals surface area contributed by atoms with Crippen LogP contribution in [0.25, 0.3) is 21.6 Å². The van der Waals surface area contributed by atoms with Crippen molar-refractivity contribution >= 4 is 33.3 Å². The number of hydrogen-bond acceptors (Lipinski definition) is 7. The molecule has 1 aromatic carbocycles. The second kappa shape index (κ2) is 6.89. The maximum Gasteiger partial charge on any atom is 0.267 e. The summed E-state index contributed by atoms with van der Waals surface area (Å²) in [6.45, 7) is 2.17. The predicted molar refractivity (Wildman–Crippen MR) is 106 cm³/mol. The fourth-order valence-corrected chi connectivity index (χ4v) is 3.68. The zero-order chi connectivity index (χ0) is 19.8. The number of carbonyl (C=O) groups is 1. The van der Waals surface area contributed by atoms with Gasteiger partial charge in [0.25, 0.3) is 11.5 Å². The molecule has 0 fully saturated rings. The van der Waals surface area contributed by atoms with E-state index < -0.39 is 11.5 Å². The van der Waals surface area contributed by atoms with Gasteiger partial charge in [0, 0.05) is 25.2 Å². The van der Waals surface area contributed by atoms with Crippen molar-refractivity contribution in [2.75, 3.05) is 5.32 Å². The molecule has 142 valence electrons. The van der Waals surface area contributed by atoms with Gasteiger partial charge in [0.2, 0.25) is 5.13 Å².